The Bertz CT molecular complexity index is 603. The van der Waals surface area contributed by atoms with Gasteiger partial charge in [0.25, 0.3) is 0 Å². The van der Waals surface area contributed by atoms with Crippen molar-refractivity contribution < 1.29 is 0 Å². The Morgan fingerprint density at radius 2 is 2.06 bits per heavy atom. The molecule has 2 atom stereocenters. The van der Waals surface area contributed by atoms with Gasteiger partial charge in [0.1, 0.15) is 0 Å². The summed E-state index contributed by atoms with van der Waals surface area (Å²) in [6.07, 6.45) is 9.02. The summed E-state index contributed by atoms with van der Waals surface area (Å²) >= 11 is 0. The predicted octanol–water partition coefficient (Wildman–Crippen LogP) is 5.20. The average molecular weight is 239 g/mol. The summed E-state index contributed by atoms with van der Waals surface area (Å²) in [5, 5.41) is 1.35. The topological polar surface area (TPSA) is 15.8 Å². The first-order chi connectivity index (χ1) is 8.72. The largest absolute Gasteiger partial charge is 0.361 e. The van der Waals surface area contributed by atoms with E-state index in [0.29, 0.717) is 11.8 Å². The van der Waals surface area contributed by atoms with Crippen LogP contribution in [-0.2, 0) is 0 Å². The monoisotopic (exact) mass is 239 g/mol. The fraction of sp³-hybridized carbons (Fsp3) is 0.412. The maximum Gasteiger partial charge on any atom is 0.0492 e. The third kappa shape index (κ3) is 1.61. The highest BCUT2D eigenvalue weighted by Gasteiger charge is 2.29. The lowest BCUT2D eigenvalue weighted by Gasteiger charge is -2.11. The second-order valence-corrected chi connectivity index (χ2v) is 5.58. The molecule has 18 heavy (non-hydrogen) atoms. The van der Waals surface area contributed by atoms with Gasteiger partial charge in [0.05, 0.1) is 0 Å². The summed E-state index contributed by atoms with van der Waals surface area (Å²) in [4.78, 5) is 3.43. The summed E-state index contributed by atoms with van der Waals surface area (Å²) in [5.41, 5.74) is 5.91. The molecule has 1 nitrogen and oxygen atoms in total. The first-order valence-corrected chi connectivity index (χ1v) is 7.02. The SMILES string of the molecule is CC/C=C/c1cc2cc[nH]c2c2c1[C@H](C)C[C@@H]2C. The lowest BCUT2D eigenvalue weighted by Crippen LogP contribution is -1.93. The minimum absolute atomic E-state index is 0.672. The fourth-order valence-corrected chi connectivity index (χ4v) is 3.48. The van der Waals surface area contributed by atoms with E-state index in [-0.39, 0.29) is 0 Å². The maximum atomic E-state index is 3.43. The van der Waals surface area contributed by atoms with Gasteiger partial charge in [-0.1, -0.05) is 32.9 Å². The van der Waals surface area contributed by atoms with Crippen LogP contribution in [0.5, 0.6) is 0 Å². The summed E-state index contributed by atoms with van der Waals surface area (Å²) in [6.45, 7) is 6.91. The van der Waals surface area contributed by atoms with Crippen LogP contribution in [0.1, 0.15) is 62.1 Å². The standard InChI is InChI=1S/C17H21N/c1-4-5-6-13-10-14-7-8-18-17(14)16-12(3)9-11(2)15(13)16/h5-8,10-12,18H,4,9H2,1-3H3/b6-5+/t11-,12+/m1/s1. The van der Waals surface area contributed by atoms with Gasteiger partial charge in [-0.3, -0.25) is 0 Å². The van der Waals surface area contributed by atoms with Gasteiger partial charge in [-0.2, -0.15) is 0 Å². The highest BCUT2D eigenvalue weighted by Crippen LogP contribution is 2.46. The molecule has 1 heterocycles. The van der Waals surface area contributed by atoms with Gasteiger partial charge in [-0.05, 0) is 53.5 Å². The van der Waals surface area contributed by atoms with Gasteiger partial charge in [-0.25, -0.2) is 0 Å². The van der Waals surface area contributed by atoms with E-state index >= 15 is 0 Å². The highest BCUT2D eigenvalue weighted by atomic mass is 14.7. The van der Waals surface area contributed by atoms with Crippen molar-refractivity contribution in [2.75, 3.05) is 0 Å². The van der Waals surface area contributed by atoms with E-state index in [0.717, 1.165) is 6.42 Å². The van der Waals surface area contributed by atoms with Crippen LogP contribution in [0, 0.1) is 0 Å². The molecule has 1 aliphatic rings. The van der Waals surface area contributed by atoms with Gasteiger partial charge < -0.3 is 4.98 Å². The molecule has 0 fully saturated rings. The van der Waals surface area contributed by atoms with Crippen LogP contribution >= 0.6 is 0 Å². The van der Waals surface area contributed by atoms with Crippen LogP contribution in [0.25, 0.3) is 17.0 Å². The Labute approximate surface area is 109 Å². The van der Waals surface area contributed by atoms with E-state index in [4.69, 9.17) is 0 Å². The van der Waals surface area contributed by atoms with Gasteiger partial charge in [-0.15, -0.1) is 0 Å². The summed E-state index contributed by atoms with van der Waals surface area (Å²) < 4.78 is 0. The zero-order valence-electron chi connectivity index (χ0n) is 11.5. The molecule has 2 aromatic rings. The Morgan fingerprint density at radius 1 is 1.28 bits per heavy atom. The van der Waals surface area contributed by atoms with Crippen LogP contribution in [0.15, 0.2) is 24.4 Å². The molecule has 94 valence electrons. The normalized spacial score (nSPS) is 23.1. The lowest BCUT2D eigenvalue weighted by atomic mass is 9.94. The van der Waals surface area contributed by atoms with Crippen molar-refractivity contribution in [2.45, 2.75) is 45.4 Å². The Hall–Kier alpha value is -1.50. The second-order valence-electron chi connectivity index (χ2n) is 5.58. The highest BCUT2D eigenvalue weighted by molar-refractivity contribution is 5.88. The first-order valence-electron chi connectivity index (χ1n) is 7.02. The van der Waals surface area contributed by atoms with Crippen molar-refractivity contribution >= 4 is 17.0 Å². The van der Waals surface area contributed by atoms with Crippen molar-refractivity contribution in [3.05, 3.63) is 41.1 Å². The molecule has 1 aromatic heterocycles. The number of benzene rings is 1. The summed E-state index contributed by atoms with van der Waals surface area (Å²) in [6, 6.07) is 4.53. The first kappa shape index (κ1) is 11.6. The molecule has 1 N–H and O–H groups in total. The molecule has 0 unspecified atom stereocenters. The Morgan fingerprint density at radius 3 is 2.83 bits per heavy atom. The van der Waals surface area contributed by atoms with Crippen LogP contribution in [0.3, 0.4) is 0 Å². The maximum absolute atomic E-state index is 3.43. The number of allylic oxidation sites excluding steroid dienone is 1. The summed E-state index contributed by atoms with van der Waals surface area (Å²) in [7, 11) is 0. The molecule has 0 aliphatic heterocycles. The van der Waals surface area contributed by atoms with Crippen molar-refractivity contribution in [1.29, 1.82) is 0 Å². The van der Waals surface area contributed by atoms with Gasteiger partial charge in [0.15, 0.2) is 0 Å². The number of fused-ring (bicyclic) bond motifs is 3. The Kier molecular flexibility index (Phi) is 2.77. The molecule has 1 aromatic carbocycles. The number of nitrogens with one attached hydrogen (secondary N) is 1. The molecule has 0 spiro atoms. The van der Waals surface area contributed by atoms with E-state index in [9.17, 15) is 0 Å². The van der Waals surface area contributed by atoms with Crippen molar-refractivity contribution in [3.8, 4) is 0 Å². The zero-order valence-corrected chi connectivity index (χ0v) is 11.5. The fourth-order valence-electron chi connectivity index (χ4n) is 3.48. The quantitative estimate of drug-likeness (QED) is 0.741. The second kappa shape index (κ2) is 4.31. The number of rotatable bonds is 2. The Balaban J connectivity index is 2.30. The summed E-state index contributed by atoms with van der Waals surface area (Å²) in [5.74, 6) is 1.35. The van der Waals surface area contributed by atoms with Crippen molar-refractivity contribution in [2.24, 2.45) is 0 Å². The van der Waals surface area contributed by atoms with E-state index in [1.807, 2.05) is 0 Å². The van der Waals surface area contributed by atoms with Gasteiger partial charge >= 0.3 is 0 Å². The minimum atomic E-state index is 0.672. The molecule has 1 heteroatoms. The number of hydrogen-bond donors (Lipinski definition) is 1. The number of hydrogen-bond acceptors (Lipinski definition) is 0. The lowest BCUT2D eigenvalue weighted by molar-refractivity contribution is 0.662. The van der Waals surface area contributed by atoms with E-state index in [1.165, 1.54) is 22.9 Å². The van der Waals surface area contributed by atoms with E-state index in [2.05, 4.69) is 56.2 Å². The molecule has 0 amide bonds. The molecule has 0 saturated heterocycles. The third-order valence-corrected chi connectivity index (χ3v) is 4.19. The molecular weight excluding hydrogens is 218 g/mol. The molecular formula is C17H21N. The molecule has 1 aliphatic carbocycles. The molecule has 0 saturated carbocycles. The van der Waals surface area contributed by atoms with E-state index in [1.54, 1.807) is 11.1 Å². The number of H-pyrrole nitrogens is 1. The van der Waals surface area contributed by atoms with Crippen LogP contribution in [0.4, 0.5) is 0 Å². The van der Waals surface area contributed by atoms with Crippen molar-refractivity contribution in [1.82, 2.24) is 4.98 Å². The van der Waals surface area contributed by atoms with Gasteiger partial charge in [0, 0.05) is 17.1 Å². The number of aromatic amines is 1. The molecule has 3 rings (SSSR count). The van der Waals surface area contributed by atoms with Gasteiger partial charge in [0.2, 0.25) is 0 Å². The van der Waals surface area contributed by atoms with E-state index < -0.39 is 0 Å². The van der Waals surface area contributed by atoms with Crippen molar-refractivity contribution in [3.63, 3.8) is 0 Å². The number of aromatic nitrogens is 1. The smallest absolute Gasteiger partial charge is 0.0492 e. The minimum Gasteiger partial charge on any atom is -0.361 e. The molecule has 0 radical (unpaired) electrons. The van der Waals surface area contributed by atoms with Crippen LogP contribution in [0.2, 0.25) is 0 Å². The average Bonchev–Trinajstić information content (AvgIpc) is 2.91. The van der Waals surface area contributed by atoms with Crippen LogP contribution < -0.4 is 0 Å². The predicted molar refractivity (Wildman–Crippen MR) is 79.1 cm³/mol. The third-order valence-electron chi connectivity index (χ3n) is 4.19. The zero-order chi connectivity index (χ0) is 12.7. The van der Waals surface area contributed by atoms with Crippen LogP contribution in [-0.4, -0.2) is 4.98 Å². The molecule has 0 bridgehead atoms.